The van der Waals surface area contributed by atoms with Gasteiger partial charge in [0.25, 0.3) is 0 Å². The first-order valence-corrected chi connectivity index (χ1v) is 4.17. The number of aliphatic hydroxyl groups excluding tert-OH is 1. The van der Waals surface area contributed by atoms with E-state index in [1.54, 1.807) is 0 Å². The fourth-order valence-electron chi connectivity index (χ4n) is 1.40. The van der Waals surface area contributed by atoms with E-state index in [0.717, 1.165) is 6.54 Å². The minimum atomic E-state index is -1.01. The molecule has 2 unspecified atom stereocenters. The maximum atomic E-state index is 12.7. The lowest BCUT2D eigenvalue weighted by atomic mass is 10.1. The molecule has 1 saturated heterocycles. The van der Waals surface area contributed by atoms with Crippen LogP contribution in [0.1, 0.15) is 20.3 Å². The van der Waals surface area contributed by atoms with Crippen LogP contribution in [0.4, 0.5) is 4.39 Å². The summed E-state index contributed by atoms with van der Waals surface area (Å²) in [5.41, 5.74) is 0. The smallest absolute Gasteiger partial charge is 0.128 e. The van der Waals surface area contributed by atoms with Gasteiger partial charge in [-0.3, -0.25) is 4.90 Å². The summed E-state index contributed by atoms with van der Waals surface area (Å²) < 4.78 is 12.7. The number of nitrogens with zero attached hydrogens (tertiary/aromatic N) is 1. The minimum absolute atomic E-state index is 0.414. The summed E-state index contributed by atoms with van der Waals surface area (Å²) >= 11 is 0. The van der Waals surface area contributed by atoms with E-state index in [0.29, 0.717) is 19.0 Å². The molecule has 1 heterocycles. The molecule has 0 saturated carbocycles. The van der Waals surface area contributed by atoms with Gasteiger partial charge in [0.1, 0.15) is 6.17 Å². The van der Waals surface area contributed by atoms with Crippen LogP contribution in [0.25, 0.3) is 0 Å². The summed E-state index contributed by atoms with van der Waals surface area (Å²) in [4.78, 5) is 2.10. The van der Waals surface area contributed by atoms with Crippen molar-refractivity contribution in [3.8, 4) is 0 Å². The van der Waals surface area contributed by atoms with Crippen LogP contribution in [-0.2, 0) is 0 Å². The van der Waals surface area contributed by atoms with Gasteiger partial charge in [-0.25, -0.2) is 4.39 Å². The second-order valence-electron chi connectivity index (χ2n) is 3.46. The number of β-amino-alcohol motifs (C(OH)–C–C–N with tert-alkyl or cyclic N) is 1. The summed E-state index contributed by atoms with van der Waals surface area (Å²) in [5.74, 6) is 0. The maximum absolute atomic E-state index is 12.7. The first-order chi connectivity index (χ1) is 5.11. The Labute approximate surface area is 67.0 Å². The highest BCUT2D eigenvalue weighted by Gasteiger charge is 2.28. The number of alkyl halides is 1. The van der Waals surface area contributed by atoms with Crippen molar-refractivity contribution in [3.63, 3.8) is 0 Å². The lowest BCUT2D eigenvalue weighted by molar-refractivity contribution is -0.00660. The van der Waals surface area contributed by atoms with Gasteiger partial charge < -0.3 is 5.11 Å². The maximum Gasteiger partial charge on any atom is 0.128 e. The van der Waals surface area contributed by atoms with Crippen LogP contribution in [-0.4, -0.2) is 41.4 Å². The molecule has 0 radical (unpaired) electrons. The summed E-state index contributed by atoms with van der Waals surface area (Å²) in [6, 6.07) is 0.414. The molecule has 0 spiro atoms. The van der Waals surface area contributed by atoms with Crippen molar-refractivity contribution in [2.45, 2.75) is 38.6 Å². The van der Waals surface area contributed by atoms with Gasteiger partial charge in [-0.2, -0.15) is 0 Å². The van der Waals surface area contributed by atoms with Crippen LogP contribution in [0.3, 0.4) is 0 Å². The predicted molar refractivity (Wildman–Crippen MR) is 42.2 cm³/mol. The highest BCUT2D eigenvalue weighted by molar-refractivity contribution is 4.80. The second kappa shape index (κ2) is 3.50. The molecule has 0 aromatic rings. The van der Waals surface area contributed by atoms with Gasteiger partial charge in [-0.05, 0) is 20.3 Å². The van der Waals surface area contributed by atoms with Crippen LogP contribution in [0.2, 0.25) is 0 Å². The van der Waals surface area contributed by atoms with Gasteiger partial charge in [-0.15, -0.1) is 0 Å². The Balaban J connectivity index is 2.40. The largest absolute Gasteiger partial charge is 0.389 e. The molecule has 2 nitrogen and oxygen atoms in total. The monoisotopic (exact) mass is 161 g/mol. The predicted octanol–water partition coefficient (Wildman–Crippen LogP) is 0.799. The van der Waals surface area contributed by atoms with Gasteiger partial charge in [0.2, 0.25) is 0 Å². The van der Waals surface area contributed by atoms with E-state index in [1.807, 2.05) is 0 Å². The average Bonchev–Trinajstić information content (AvgIpc) is 1.94. The average molecular weight is 161 g/mol. The van der Waals surface area contributed by atoms with Crippen LogP contribution in [0.5, 0.6) is 0 Å². The Bertz CT molecular complexity index is 129. The zero-order chi connectivity index (χ0) is 8.43. The number of hydrogen-bond acceptors (Lipinski definition) is 2. The molecule has 1 fully saturated rings. The number of hydrogen-bond donors (Lipinski definition) is 1. The zero-order valence-electron chi connectivity index (χ0n) is 7.13. The number of likely N-dealkylation sites (tertiary alicyclic amines) is 1. The first kappa shape index (κ1) is 8.94. The number of piperidine rings is 1. The van der Waals surface area contributed by atoms with Crippen molar-refractivity contribution in [2.24, 2.45) is 0 Å². The van der Waals surface area contributed by atoms with Crippen molar-refractivity contribution in [1.29, 1.82) is 0 Å². The summed E-state index contributed by atoms with van der Waals surface area (Å²) in [6.45, 7) is 5.38. The van der Waals surface area contributed by atoms with Gasteiger partial charge in [0, 0.05) is 19.1 Å². The highest BCUT2D eigenvalue weighted by Crippen LogP contribution is 2.15. The molecular formula is C8H16FNO. The van der Waals surface area contributed by atoms with Crippen molar-refractivity contribution >= 4 is 0 Å². The topological polar surface area (TPSA) is 23.5 Å². The molecule has 11 heavy (non-hydrogen) atoms. The molecular weight excluding hydrogens is 145 g/mol. The fraction of sp³-hybridized carbons (Fsp3) is 1.00. The molecule has 1 aliphatic rings. The van der Waals surface area contributed by atoms with E-state index in [4.69, 9.17) is 0 Å². The highest BCUT2D eigenvalue weighted by atomic mass is 19.1. The Morgan fingerprint density at radius 3 is 2.64 bits per heavy atom. The molecule has 0 aliphatic carbocycles. The molecule has 0 amide bonds. The molecule has 1 N–H and O–H groups in total. The van der Waals surface area contributed by atoms with Crippen LogP contribution in [0.15, 0.2) is 0 Å². The Hall–Kier alpha value is -0.150. The fourth-order valence-corrected chi connectivity index (χ4v) is 1.40. The van der Waals surface area contributed by atoms with Crippen molar-refractivity contribution in [2.75, 3.05) is 13.1 Å². The summed E-state index contributed by atoms with van der Waals surface area (Å²) in [5, 5.41) is 9.18. The third-order valence-electron chi connectivity index (χ3n) is 2.26. The normalized spacial score (nSPS) is 34.6. The van der Waals surface area contributed by atoms with Crippen LogP contribution < -0.4 is 0 Å². The number of halogens is 1. The SMILES string of the molecule is CC(C)N1CCC(F)C(O)C1. The molecule has 0 aromatic heterocycles. The number of rotatable bonds is 1. The lowest BCUT2D eigenvalue weighted by Gasteiger charge is -2.34. The van der Waals surface area contributed by atoms with E-state index in [-0.39, 0.29) is 0 Å². The molecule has 1 aliphatic heterocycles. The zero-order valence-corrected chi connectivity index (χ0v) is 7.13. The van der Waals surface area contributed by atoms with Crippen molar-refractivity contribution < 1.29 is 9.50 Å². The van der Waals surface area contributed by atoms with Crippen LogP contribution >= 0.6 is 0 Å². The Kier molecular flexibility index (Phi) is 2.84. The van der Waals surface area contributed by atoms with E-state index in [2.05, 4.69) is 18.7 Å². The third-order valence-corrected chi connectivity index (χ3v) is 2.26. The van der Waals surface area contributed by atoms with E-state index in [9.17, 15) is 9.50 Å². The van der Waals surface area contributed by atoms with Crippen LogP contribution in [0, 0.1) is 0 Å². The molecule has 0 aromatic carbocycles. The van der Waals surface area contributed by atoms with Gasteiger partial charge in [-0.1, -0.05) is 0 Å². The van der Waals surface area contributed by atoms with E-state index in [1.165, 1.54) is 0 Å². The molecule has 3 heteroatoms. The first-order valence-electron chi connectivity index (χ1n) is 4.17. The third kappa shape index (κ3) is 2.14. The van der Waals surface area contributed by atoms with Crippen molar-refractivity contribution in [1.82, 2.24) is 4.90 Å². The number of aliphatic hydroxyl groups is 1. The molecule has 1 rings (SSSR count). The quantitative estimate of drug-likeness (QED) is 0.615. The van der Waals surface area contributed by atoms with Crippen molar-refractivity contribution in [3.05, 3.63) is 0 Å². The minimum Gasteiger partial charge on any atom is -0.389 e. The van der Waals surface area contributed by atoms with Gasteiger partial charge >= 0.3 is 0 Å². The Morgan fingerprint density at radius 2 is 2.18 bits per heavy atom. The molecule has 0 bridgehead atoms. The van der Waals surface area contributed by atoms with E-state index >= 15 is 0 Å². The molecule has 2 atom stereocenters. The van der Waals surface area contributed by atoms with Gasteiger partial charge in [0.05, 0.1) is 6.10 Å². The molecule has 66 valence electrons. The Morgan fingerprint density at radius 1 is 1.55 bits per heavy atom. The second-order valence-corrected chi connectivity index (χ2v) is 3.46. The van der Waals surface area contributed by atoms with Gasteiger partial charge in [0.15, 0.2) is 0 Å². The summed E-state index contributed by atoms with van der Waals surface area (Å²) in [6.07, 6.45) is -1.31. The standard InChI is InChI=1S/C8H16FNO/c1-6(2)10-4-3-7(9)8(11)5-10/h6-8,11H,3-5H2,1-2H3. The van der Waals surface area contributed by atoms with E-state index < -0.39 is 12.3 Å². The summed E-state index contributed by atoms with van der Waals surface area (Å²) in [7, 11) is 0. The lowest BCUT2D eigenvalue weighted by Crippen LogP contribution is -2.47.